The van der Waals surface area contributed by atoms with E-state index in [0.717, 1.165) is 35.4 Å². The van der Waals surface area contributed by atoms with E-state index in [1.165, 1.54) is 49.3 Å². The van der Waals surface area contributed by atoms with E-state index >= 15 is 0 Å². The molecule has 0 N–H and O–H groups in total. The van der Waals surface area contributed by atoms with Crippen LogP contribution in [0.3, 0.4) is 0 Å². The maximum Gasteiger partial charge on any atom is 0.0571 e. The van der Waals surface area contributed by atoms with Crippen LogP contribution in [-0.2, 0) is 36.4 Å². The maximum atomic E-state index is 4.98. The van der Waals surface area contributed by atoms with E-state index < -0.39 is 8.07 Å². The van der Waals surface area contributed by atoms with Crippen LogP contribution >= 0.6 is 0 Å². The molecule has 2 aromatic heterocycles. The molecule has 52 heavy (non-hydrogen) atoms. The van der Waals surface area contributed by atoms with Crippen LogP contribution < -0.4 is 5.19 Å². The van der Waals surface area contributed by atoms with Crippen molar-refractivity contribution in [1.82, 2.24) is 9.97 Å². The largest absolute Gasteiger partial charge is 0.305 e. The summed E-state index contributed by atoms with van der Waals surface area (Å²) in [5.41, 5.74) is 12.8. The zero-order chi connectivity index (χ0) is 36.8. The number of rotatable bonds is 5. The van der Waals surface area contributed by atoms with E-state index in [4.69, 9.17) is 4.98 Å². The minimum absolute atomic E-state index is 0. The number of pyridine rings is 2. The fourth-order valence-electron chi connectivity index (χ4n) is 7.66. The molecule has 1 aliphatic carbocycles. The Balaban J connectivity index is 0.000000217. The Morgan fingerprint density at radius 3 is 1.92 bits per heavy atom. The van der Waals surface area contributed by atoms with Gasteiger partial charge < -0.3 is 9.97 Å². The van der Waals surface area contributed by atoms with Gasteiger partial charge in [0.2, 0.25) is 0 Å². The molecule has 0 spiro atoms. The van der Waals surface area contributed by atoms with Crippen molar-refractivity contribution in [3.63, 3.8) is 0 Å². The van der Waals surface area contributed by atoms with Crippen LogP contribution in [-0.4, -0.2) is 18.0 Å². The first-order valence-corrected chi connectivity index (χ1v) is 22.1. The topological polar surface area (TPSA) is 25.8 Å². The van der Waals surface area contributed by atoms with Gasteiger partial charge in [-0.3, -0.25) is 0 Å². The number of hydrogen-bond acceptors (Lipinski definition) is 2. The summed E-state index contributed by atoms with van der Waals surface area (Å²) in [6.45, 7) is 25.2. The molecular formula is C48H54IrN2Si-2. The van der Waals surface area contributed by atoms with Gasteiger partial charge in [0, 0.05) is 37.9 Å². The zero-order valence-electron chi connectivity index (χ0n) is 33.0. The normalized spacial score (nSPS) is 13.4. The molecule has 0 saturated heterocycles. The van der Waals surface area contributed by atoms with Gasteiger partial charge >= 0.3 is 0 Å². The molecule has 2 heterocycles. The summed E-state index contributed by atoms with van der Waals surface area (Å²) in [5, 5.41) is 4.16. The summed E-state index contributed by atoms with van der Waals surface area (Å²) < 4.78 is 0. The van der Waals surface area contributed by atoms with Crippen molar-refractivity contribution in [2.24, 2.45) is 0 Å². The van der Waals surface area contributed by atoms with Crippen LogP contribution in [0.5, 0.6) is 0 Å². The first-order chi connectivity index (χ1) is 24.1. The Hall–Kier alpha value is -3.69. The van der Waals surface area contributed by atoms with Gasteiger partial charge in [0.05, 0.1) is 8.07 Å². The van der Waals surface area contributed by atoms with Gasteiger partial charge in [-0.1, -0.05) is 117 Å². The van der Waals surface area contributed by atoms with Crippen molar-refractivity contribution >= 4 is 24.0 Å². The van der Waals surface area contributed by atoms with Crippen molar-refractivity contribution in [2.75, 3.05) is 0 Å². The summed E-state index contributed by atoms with van der Waals surface area (Å²) in [6, 6.07) is 39.8. The Bertz CT molecular complexity index is 2140. The SMILES string of the molecule is CC(C)(C)c1cc[c-]c(-c2cc(C(C)(C)C)ccn2)c1.CCC1(CC)c2c(ccnc2-c2[c-]ccc([Si](C)(C)C)c2)-c2ccc3ccccc3c21.[Ir]. The van der Waals surface area contributed by atoms with Crippen molar-refractivity contribution in [3.8, 4) is 33.6 Å². The molecule has 0 saturated carbocycles. The van der Waals surface area contributed by atoms with Gasteiger partial charge in [0.15, 0.2) is 0 Å². The Labute approximate surface area is 327 Å². The van der Waals surface area contributed by atoms with E-state index in [0.29, 0.717) is 0 Å². The average Bonchev–Trinajstić information content (AvgIpc) is 3.42. The van der Waals surface area contributed by atoms with Gasteiger partial charge in [-0.05, 0) is 85.8 Å². The van der Waals surface area contributed by atoms with Gasteiger partial charge in [0.25, 0.3) is 0 Å². The van der Waals surface area contributed by atoms with Crippen LogP contribution in [0, 0.1) is 12.1 Å². The molecule has 4 aromatic carbocycles. The molecule has 0 aliphatic heterocycles. The van der Waals surface area contributed by atoms with Crippen LogP contribution in [0.2, 0.25) is 19.6 Å². The molecule has 7 rings (SSSR count). The standard InChI is InChI=1S/C29H30NSi.C19H24N.Ir/c1-6-29(7-2)26-23-14-9-8-11-20(23)15-16-24(26)25-17-18-30-28(27(25)29)21-12-10-13-22(19-21)31(3,4)5;1-18(2,3)15-9-7-8-14(12-15)17-13-16(10-11-20-17)19(4,5)6;/h8-11,13-19H,6-7H2,1-5H3;7,9-13H,1-6H3;/q2*-1;. The van der Waals surface area contributed by atoms with Gasteiger partial charge in [-0.15, -0.1) is 70.4 Å². The van der Waals surface area contributed by atoms with E-state index in [2.05, 4.69) is 177 Å². The molecule has 6 aromatic rings. The number of nitrogens with zero attached hydrogens (tertiary/aromatic N) is 2. The van der Waals surface area contributed by atoms with Gasteiger partial charge in [-0.2, -0.15) is 0 Å². The predicted octanol–water partition coefficient (Wildman–Crippen LogP) is 12.5. The third kappa shape index (κ3) is 7.54. The summed E-state index contributed by atoms with van der Waals surface area (Å²) in [7, 11) is -1.42. The number of hydrogen-bond donors (Lipinski definition) is 0. The third-order valence-corrected chi connectivity index (χ3v) is 12.9. The smallest absolute Gasteiger partial charge is 0.0571 e. The van der Waals surface area contributed by atoms with E-state index in [1.54, 1.807) is 0 Å². The number of fused-ring (bicyclic) bond motifs is 5. The average molecular weight is 879 g/mol. The monoisotopic (exact) mass is 879 g/mol. The van der Waals surface area contributed by atoms with Crippen LogP contribution in [0.1, 0.15) is 90.5 Å². The summed E-state index contributed by atoms with van der Waals surface area (Å²) in [4.78, 5) is 9.50. The molecule has 1 aliphatic rings. The molecular weight excluding hydrogens is 825 g/mol. The molecule has 0 fully saturated rings. The van der Waals surface area contributed by atoms with E-state index in [-0.39, 0.29) is 36.4 Å². The Morgan fingerprint density at radius 1 is 0.635 bits per heavy atom. The van der Waals surface area contributed by atoms with Crippen LogP contribution in [0.4, 0.5) is 0 Å². The van der Waals surface area contributed by atoms with E-state index in [1.807, 2.05) is 18.5 Å². The second kappa shape index (κ2) is 15.0. The molecule has 1 radical (unpaired) electrons. The summed E-state index contributed by atoms with van der Waals surface area (Å²) in [5.74, 6) is 0. The summed E-state index contributed by atoms with van der Waals surface area (Å²) >= 11 is 0. The Morgan fingerprint density at radius 2 is 1.25 bits per heavy atom. The third-order valence-electron chi connectivity index (χ3n) is 10.8. The van der Waals surface area contributed by atoms with Crippen molar-refractivity contribution in [3.05, 3.63) is 138 Å². The van der Waals surface area contributed by atoms with Crippen LogP contribution in [0.15, 0.2) is 103 Å². The molecule has 0 amide bonds. The van der Waals surface area contributed by atoms with Crippen LogP contribution in [0.25, 0.3) is 44.4 Å². The van der Waals surface area contributed by atoms with Crippen molar-refractivity contribution in [2.45, 2.75) is 104 Å². The maximum absolute atomic E-state index is 4.98. The number of benzene rings is 4. The zero-order valence-corrected chi connectivity index (χ0v) is 36.4. The molecule has 0 bridgehead atoms. The second-order valence-electron chi connectivity index (χ2n) is 17.2. The second-order valence-corrected chi connectivity index (χ2v) is 22.3. The quantitative estimate of drug-likeness (QED) is 0.127. The van der Waals surface area contributed by atoms with E-state index in [9.17, 15) is 0 Å². The van der Waals surface area contributed by atoms with Gasteiger partial charge in [-0.25, -0.2) is 0 Å². The fourth-order valence-corrected chi connectivity index (χ4v) is 8.82. The number of aromatic nitrogens is 2. The minimum atomic E-state index is -1.42. The predicted molar refractivity (Wildman–Crippen MR) is 222 cm³/mol. The minimum Gasteiger partial charge on any atom is -0.305 e. The fraction of sp³-hybridized carbons (Fsp3) is 0.333. The van der Waals surface area contributed by atoms with Crippen molar-refractivity contribution < 1.29 is 20.1 Å². The molecule has 0 atom stereocenters. The molecule has 0 unspecified atom stereocenters. The molecule has 4 heteroatoms. The summed E-state index contributed by atoms with van der Waals surface area (Å²) in [6.07, 6.45) is 6.00. The molecule has 271 valence electrons. The van der Waals surface area contributed by atoms with Crippen molar-refractivity contribution in [1.29, 1.82) is 0 Å². The Kier molecular flexibility index (Phi) is 11.4. The first kappa shape index (κ1) is 39.5. The molecule has 2 nitrogen and oxygen atoms in total. The first-order valence-electron chi connectivity index (χ1n) is 18.6. The van der Waals surface area contributed by atoms with Gasteiger partial charge in [0.1, 0.15) is 0 Å².